The van der Waals surface area contributed by atoms with Gasteiger partial charge in [0.15, 0.2) is 11.5 Å². The number of methoxy groups -OCH3 is 1. The SMILES string of the molecule is COc1cc(/C=N\NC(=O)CN(c2ccc(Cl)cc2)S(=O)(=O)c2ccccc2)ccc1OCc1ccccc1. The van der Waals surface area contributed by atoms with Crippen LogP contribution in [0, 0.1) is 0 Å². The van der Waals surface area contributed by atoms with E-state index >= 15 is 0 Å². The molecule has 0 atom stereocenters. The Labute approximate surface area is 232 Å². The first kappa shape index (κ1) is 27.7. The summed E-state index contributed by atoms with van der Waals surface area (Å²) >= 11 is 5.97. The Hall–Kier alpha value is -4.34. The van der Waals surface area contributed by atoms with Gasteiger partial charge in [0.05, 0.1) is 23.9 Å². The van der Waals surface area contributed by atoms with Crippen LogP contribution >= 0.6 is 11.6 Å². The van der Waals surface area contributed by atoms with Gasteiger partial charge in [0.25, 0.3) is 15.9 Å². The van der Waals surface area contributed by atoms with Crippen LogP contribution < -0.4 is 19.2 Å². The predicted octanol–water partition coefficient (Wildman–Crippen LogP) is 5.27. The van der Waals surface area contributed by atoms with Gasteiger partial charge in [-0.25, -0.2) is 13.8 Å². The summed E-state index contributed by atoms with van der Waals surface area (Å²) in [5, 5.41) is 4.43. The van der Waals surface area contributed by atoms with Crippen LogP contribution in [0.25, 0.3) is 0 Å². The molecular weight excluding hydrogens is 538 g/mol. The Kier molecular flexibility index (Phi) is 9.19. The molecule has 0 saturated carbocycles. The third-order valence-electron chi connectivity index (χ3n) is 5.56. The maximum atomic E-state index is 13.3. The van der Waals surface area contributed by atoms with E-state index in [-0.39, 0.29) is 4.90 Å². The number of amides is 1. The molecule has 1 N–H and O–H groups in total. The summed E-state index contributed by atoms with van der Waals surface area (Å²) in [7, 11) is -2.50. The molecule has 0 radical (unpaired) electrons. The highest BCUT2D eigenvalue weighted by molar-refractivity contribution is 7.92. The van der Waals surface area contributed by atoms with E-state index < -0.39 is 22.5 Å². The van der Waals surface area contributed by atoms with Crippen LogP contribution in [0.1, 0.15) is 11.1 Å². The van der Waals surface area contributed by atoms with E-state index in [0.29, 0.717) is 34.4 Å². The largest absolute Gasteiger partial charge is 0.493 e. The highest BCUT2D eigenvalue weighted by Crippen LogP contribution is 2.28. The lowest BCUT2D eigenvalue weighted by atomic mass is 10.2. The molecule has 0 fully saturated rings. The molecular formula is C29H26ClN3O5S. The van der Waals surface area contributed by atoms with Crippen molar-refractivity contribution in [1.29, 1.82) is 0 Å². The van der Waals surface area contributed by atoms with Crippen molar-refractivity contribution < 1.29 is 22.7 Å². The number of nitrogens with zero attached hydrogens (tertiary/aromatic N) is 2. The molecule has 4 aromatic rings. The van der Waals surface area contributed by atoms with Crippen LogP contribution in [-0.4, -0.2) is 34.2 Å². The number of halogens is 1. The van der Waals surface area contributed by atoms with E-state index in [1.807, 2.05) is 30.3 Å². The second-order valence-corrected chi connectivity index (χ2v) is 10.6. The highest BCUT2D eigenvalue weighted by atomic mass is 35.5. The molecule has 0 bridgehead atoms. The lowest BCUT2D eigenvalue weighted by Gasteiger charge is -2.23. The summed E-state index contributed by atoms with van der Waals surface area (Å²) in [5.74, 6) is 0.437. The Balaban J connectivity index is 1.44. The summed E-state index contributed by atoms with van der Waals surface area (Å²) in [6, 6.07) is 29.0. The maximum absolute atomic E-state index is 13.3. The number of carbonyl (C=O) groups is 1. The normalized spacial score (nSPS) is 11.2. The maximum Gasteiger partial charge on any atom is 0.264 e. The highest BCUT2D eigenvalue weighted by Gasteiger charge is 2.27. The van der Waals surface area contributed by atoms with Gasteiger partial charge in [-0.15, -0.1) is 0 Å². The summed E-state index contributed by atoms with van der Waals surface area (Å²) in [6.45, 7) is -0.109. The first-order valence-electron chi connectivity index (χ1n) is 11.9. The van der Waals surface area contributed by atoms with Gasteiger partial charge in [0.1, 0.15) is 13.2 Å². The van der Waals surface area contributed by atoms with E-state index in [2.05, 4.69) is 10.5 Å². The fourth-order valence-electron chi connectivity index (χ4n) is 3.61. The Morgan fingerprint density at radius 3 is 2.26 bits per heavy atom. The topological polar surface area (TPSA) is 97.3 Å². The number of rotatable bonds is 11. The van der Waals surface area contributed by atoms with Gasteiger partial charge in [-0.3, -0.25) is 9.10 Å². The number of benzene rings is 4. The van der Waals surface area contributed by atoms with Crippen molar-refractivity contribution in [2.45, 2.75) is 11.5 Å². The summed E-state index contributed by atoms with van der Waals surface area (Å²) < 4.78 is 39.0. The number of hydrogen-bond acceptors (Lipinski definition) is 6. The molecule has 10 heteroatoms. The number of hydrogen-bond donors (Lipinski definition) is 1. The van der Waals surface area contributed by atoms with Gasteiger partial charge in [-0.1, -0.05) is 60.1 Å². The molecule has 0 aliphatic rings. The van der Waals surface area contributed by atoms with Gasteiger partial charge in [-0.05, 0) is 65.7 Å². The molecule has 0 spiro atoms. The average Bonchev–Trinajstić information content (AvgIpc) is 2.96. The fourth-order valence-corrected chi connectivity index (χ4v) is 5.17. The van der Waals surface area contributed by atoms with Crippen LogP contribution in [-0.2, 0) is 21.4 Å². The first-order valence-corrected chi connectivity index (χ1v) is 13.7. The number of nitrogens with one attached hydrogen (secondary N) is 1. The molecule has 200 valence electrons. The van der Waals surface area contributed by atoms with Gasteiger partial charge < -0.3 is 9.47 Å². The second-order valence-electron chi connectivity index (χ2n) is 8.28. The molecule has 8 nitrogen and oxygen atoms in total. The van der Waals surface area contributed by atoms with Crippen LogP contribution in [0.5, 0.6) is 11.5 Å². The molecule has 0 heterocycles. The molecule has 0 aliphatic carbocycles. The summed E-state index contributed by atoms with van der Waals surface area (Å²) in [5.41, 5.74) is 4.35. The first-order chi connectivity index (χ1) is 18.9. The van der Waals surface area contributed by atoms with Crippen molar-refractivity contribution in [3.8, 4) is 11.5 Å². The molecule has 4 aromatic carbocycles. The lowest BCUT2D eigenvalue weighted by Crippen LogP contribution is -2.39. The van der Waals surface area contributed by atoms with Gasteiger partial charge >= 0.3 is 0 Å². The van der Waals surface area contributed by atoms with Crippen LogP contribution in [0.2, 0.25) is 5.02 Å². The van der Waals surface area contributed by atoms with Crippen molar-refractivity contribution in [3.05, 3.63) is 119 Å². The van der Waals surface area contributed by atoms with Gasteiger partial charge in [0, 0.05) is 5.02 Å². The second kappa shape index (κ2) is 12.9. The third kappa shape index (κ3) is 7.37. The van der Waals surface area contributed by atoms with Gasteiger partial charge in [-0.2, -0.15) is 5.10 Å². The number of carbonyl (C=O) groups excluding carboxylic acids is 1. The molecule has 39 heavy (non-hydrogen) atoms. The molecule has 0 saturated heterocycles. The van der Waals surface area contributed by atoms with E-state index in [0.717, 1.165) is 9.87 Å². The van der Waals surface area contributed by atoms with E-state index in [4.69, 9.17) is 21.1 Å². The fraction of sp³-hybridized carbons (Fsp3) is 0.103. The minimum Gasteiger partial charge on any atom is -0.493 e. The van der Waals surface area contributed by atoms with Crippen molar-refractivity contribution in [3.63, 3.8) is 0 Å². The van der Waals surface area contributed by atoms with Crippen molar-refractivity contribution in [1.82, 2.24) is 5.43 Å². The Bertz CT molecular complexity index is 1530. The molecule has 0 unspecified atom stereocenters. The summed E-state index contributed by atoms with van der Waals surface area (Å²) in [4.78, 5) is 12.8. The van der Waals surface area contributed by atoms with E-state index in [9.17, 15) is 13.2 Å². The third-order valence-corrected chi connectivity index (χ3v) is 7.60. The van der Waals surface area contributed by atoms with Crippen LogP contribution in [0.3, 0.4) is 0 Å². The zero-order chi connectivity index (χ0) is 27.7. The zero-order valence-electron chi connectivity index (χ0n) is 21.0. The quantitative estimate of drug-likeness (QED) is 0.198. The van der Waals surface area contributed by atoms with E-state index in [1.54, 1.807) is 48.5 Å². The zero-order valence-corrected chi connectivity index (χ0v) is 22.6. The van der Waals surface area contributed by atoms with E-state index in [1.165, 1.54) is 37.6 Å². The average molecular weight is 564 g/mol. The Morgan fingerprint density at radius 1 is 0.923 bits per heavy atom. The number of sulfonamides is 1. The van der Waals surface area contributed by atoms with Crippen molar-refractivity contribution in [2.75, 3.05) is 18.0 Å². The number of ether oxygens (including phenoxy) is 2. The minimum absolute atomic E-state index is 0.0536. The smallest absolute Gasteiger partial charge is 0.264 e. The predicted molar refractivity (Wildman–Crippen MR) is 152 cm³/mol. The van der Waals surface area contributed by atoms with Crippen LogP contribution in [0.15, 0.2) is 113 Å². The number of anilines is 1. The minimum atomic E-state index is -4.03. The van der Waals surface area contributed by atoms with Crippen molar-refractivity contribution >= 4 is 39.4 Å². The molecule has 1 amide bonds. The monoisotopic (exact) mass is 563 g/mol. The van der Waals surface area contributed by atoms with Gasteiger partial charge in [0.2, 0.25) is 0 Å². The molecule has 0 aromatic heterocycles. The molecule has 4 rings (SSSR count). The Morgan fingerprint density at radius 2 is 1.59 bits per heavy atom. The lowest BCUT2D eigenvalue weighted by molar-refractivity contribution is -0.119. The standard InChI is InChI=1S/C29H26ClN3O5S/c1-37-28-18-23(12-17-27(28)38-21-22-8-4-2-5-9-22)19-31-32-29(34)20-33(25-15-13-24(30)14-16-25)39(35,36)26-10-6-3-7-11-26/h2-19H,20-21H2,1H3,(H,32,34)/b31-19-. The molecule has 0 aliphatic heterocycles. The van der Waals surface area contributed by atoms with Crippen molar-refractivity contribution in [2.24, 2.45) is 5.10 Å². The summed E-state index contributed by atoms with van der Waals surface area (Å²) in [6.07, 6.45) is 1.43. The number of hydrazone groups is 1. The van der Waals surface area contributed by atoms with Crippen LogP contribution in [0.4, 0.5) is 5.69 Å².